The summed E-state index contributed by atoms with van der Waals surface area (Å²) in [5.74, 6) is 0.617. The molecule has 2 aliphatic rings. The molecule has 0 bridgehead atoms. The number of hydrogen-bond acceptors (Lipinski definition) is 6. The highest BCUT2D eigenvalue weighted by molar-refractivity contribution is 6.07. The lowest BCUT2D eigenvalue weighted by Gasteiger charge is -2.32. The van der Waals surface area contributed by atoms with Crippen molar-refractivity contribution in [2.75, 3.05) is 13.1 Å². The van der Waals surface area contributed by atoms with Gasteiger partial charge in [-0.05, 0) is 55.5 Å². The van der Waals surface area contributed by atoms with E-state index >= 15 is 0 Å². The molecule has 4 amide bonds. The number of benzene rings is 2. The molecule has 0 spiro atoms. The number of likely N-dealkylation sites (tertiary alicyclic amines) is 1. The van der Waals surface area contributed by atoms with Crippen molar-refractivity contribution in [2.45, 2.75) is 45.1 Å². The van der Waals surface area contributed by atoms with Crippen LogP contribution in [0.4, 0.5) is 4.79 Å². The van der Waals surface area contributed by atoms with Crippen LogP contribution in [0.25, 0.3) is 11.5 Å². The van der Waals surface area contributed by atoms with Gasteiger partial charge < -0.3 is 14.6 Å². The molecule has 9 heteroatoms. The second-order valence-corrected chi connectivity index (χ2v) is 9.83. The largest absolute Gasteiger partial charge is 0.420 e. The Balaban J connectivity index is 1.24. The molecule has 0 aliphatic carbocycles. The van der Waals surface area contributed by atoms with E-state index in [0.29, 0.717) is 36.0 Å². The molecule has 2 saturated heterocycles. The summed E-state index contributed by atoms with van der Waals surface area (Å²) in [6.45, 7) is 6.95. The molecule has 0 saturated carbocycles. The normalized spacial score (nSPS) is 20.5. The van der Waals surface area contributed by atoms with Gasteiger partial charge in [0.2, 0.25) is 11.8 Å². The first-order chi connectivity index (χ1) is 17.3. The van der Waals surface area contributed by atoms with Crippen LogP contribution in [0, 0.1) is 12.8 Å². The highest BCUT2D eigenvalue weighted by Crippen LogP contribution is 2.34. The summed E-state index contributed by atoms with van der Waals surface area (Å²) in [5.41, 5.74) is 2.11. The number of piperidine rings is 1. The minimum Gasteiger partial charge on any atom is -0.420 e. The lowest BCUT2D eigenvalue weighted by Crippen LogP contribution is -2.48. The van der Waals surface area contributed by atoms with Crippen LogP contribution in [0.5, 0.6) is 0 Å². The SMILES string of the molecule is Cc1ccc(-c2nnc(C3CCN(C(=O)c4ccc([C@@]5(C(C)C)NC(=O)NC5=O)cc4)CC3)o2)cc1. The Morgan fingerprint density at radius 3 is 2.28 bits per heavy atom. The smallest absolute Gasteiger partial charge is 0.322 e. The first-order valence-electron chi connectivity index (χ1n) is 12.2. The quantitative estimate of drug-likeness (QED) is 0.529. The Morgan fingerprint density at radius 1 is 1.03 bits per heavy atom. The zero-order chi connectivity index (χ0) is 25.4. The van der Waals surface area contributed by atoms with Crippen molar-refractivity contribution in [3.05, 3.63) is 71.1 Å². The van der Waals surface area contributed by atoms with E-state index in [2.05, 4.69) is 20.8 Å². The van der Waals surface area contributed by atoms with Gasteiger partial charge >= 0.3 is 6.03 Å². The fourth-order valence-electron chi connectivity index (χ4n) is 5.01. The molecule has 36 heavy (non-hydrogen) atoms. The molecule has 186 valence electrons. The third kappa shape index (κ3) is 4.14. The molecule has 3 heterocycles. The van der Waals surface area contributed by atoms with Gasteiger partial charge in [-0.15, -0.1) is 10.2 Å². The minimum atomic E-state index is -1.14. The van der Waals surface area contributed by atoms with Crippen molar-refractivity contribution in [1.82, 2.24) is 25.7 Å². The van der Waals surface area contributed by atoms with Crippen molar-refractivity contribution in [3.8, 4) is 11.5 Å². The Kier molecular flexibility index (Phi) is 6.07. The van der Waals surface area contributed by atoms with Gasteiger partial charge in [-0.3, -0.25) is 14.9 Å². The molecule has 1 aromatic heterocycles. The molecular weight excluding hydrogens is 458 g/mol. The molecule has 5 rings (SSSR count). The summed E-state index contributed by atoms with van der Waals surface area (Å²) in [6, 6.07) is 14.4. The van der Waals surface area contributed by atoms with E-state index in [0.717, 1.165) is 18.4 Å². The summed E-state index contributed by atoms with van der Waals surface area (Å²) in [7, 11) is 0. The van der Waals surface area contributed by atoms with E-state index in [1.54, 1.807) is 24.3 Å². The van der Waals surface area contributed by atoms with Crippen LogP contribution in [0.15, 0.2) is 52.9 Å². The molecule has 3 aromatic rings. The van der Waals surface area contributed by atoms with Crippen molar-refractivity contribution in [3.63, 3.8) is 0 Å². The predicted molar refractivity (Wildman–Crippen MR) is 132 cm³/mol. The number of carbonyl (C=O) groups excluding carboxylic acids is 3. The average molecular weight is 488 g/mol. The molecule has 0 radical (unpaired) electrons. The van der Waals surface area contributed by atoms with Crippen molar-refractivity contribution in [2.24, 2.45) is 5.92 Å². The standard InChI is InChI=1S/C27H29N5O4/c1-16(2)27(25(34)28-26(35)29-27)21-10-8-20(9-11-21)24(33)32-14-12-19(13-15-32)23-31-30-22(36-23)18-6-4-17(3)5-7-18/h4-11,16,19H,12-15H2,1-3H3,(H2,28,29,34,35)/t27-/m1/s1. The third-order valence-electron chi connectivity index (χ3n) is 7.22. The van der Waals surface area contributed by atoms with Gasteiger partial charge in [-0.1, -0.05) is 43.7 Å². The zero-order valence-electron chi connectivity index (χ0n) is 20.6. The second-order valence-electron chi connectivity index (χ2n) is 9.83. The van der Waals surface area contributed by atoms with Crippen molar-refractivity contribution >= 4 is 17.8 Å². The summed E-state index contributed by atoms with van der Waals surface area (Å²) >= 11 is 0. The van der Waals surface area contributed by atoms with Gasteiger partial charge in [-0.25, -0.2) is 4.79 Å². The van der Waals surface area contributed by atoms with Gasteiger partial charge in [0, 0.05) is 30.1 Å². The summed E-state index contributed by atoms with van der Waals surface area (Å²) < 4.78 is 5.95. The minimum absolute atomic E-state index is 0.0654. The van der Waals surface area contributed by atoms with Gasteiger partial charge in [0.15, 0.2) is 0 Å². The van der Waals surface area contributed by atoms with E-state index < -0.39 is 11.6 Å². The molecule has 0 unspecified atom stereocenters. The fraction of sp³-hybridized carbons (Fsp3) is 0.370. The number of imide groups is 1. The lowest BCUT2D eigenvalue weighted by atomic mass is 9.79. The number of nitrogens with zero attached hydrogens (tertiary/aromatic N) is 3. The van der Waals surface area contributed by atoms with Crippen LogP contribution in [-0.4, -0.2) is 46.0 Å². The van der Waals surface area contributed by atoms with Gasteiger partial charge in [0.1, 0.15) is 5.54 Å². The molecule has 2 aliphatic heterocycles. The summed E-state index contributed by atoms with van der Waals surface area (Å²) in [6.07, 6.45) is 1.48. The number of aryl methyl sites for hydroxylation is 1. The van der Waals surface area contributed by atoms with E-state index in [4.69, 9.17) is 4.42 Å². The van der Waals surface area contributed by atoms with Crippen LogP contribution in [0.2, 0.25) is 0 Å². The van der Waals surface area contributed by atoms with Gasteiger partial charge in [0.05, 0.1) is 0 Å². The molecule has 1 atom stereocenters. The van der Waals surface area contributed by atoms with Crippen LogP contribution in [0.1, 0.15) is 60.0 Å². The maximum atomic E-state index is 13.1. The highest BCUT2D eigenvalue weighted by Gasteiger charge is 2.50. The van der Waals surface area contributed by atoms with Crippen LogP contribution >= 0.6 is 0 Å². The van der Waals surface area contributed by atoms with Crippen LogP contribution in [0.3, 0.4) is 0 Å². The fourth-order valence-corrected chi connectivity index (χ4v) is 5.01. The maximum Gasteiger partial charge on any atom is 0.322 e. The number of carbonyl (C=O) groups is 3. The molecule has 2 aromatic carbocycles. The maximum absolute atomic E-state index is 13.1. The third-order valence-corrected chi connectivity index (χ3v) is 7.22. The second kappa shape index (κ2) is 9.22. The summed E-state index contributed by atoms with van der Waals surface area (Å²) in [4.78, 5) is 39.4. The first-order valence-corrected chi connectivity index (χ1v) is 12.2. The van der Waals surface area contributed by atoms with E-state index in [9.17, 15) is 14.4 Å². The van der Waals surface area contributed by atoms with Crippen molar-refractivity contribution < 1.29 is 18.8 Å². The van der Waals surface area contributed by atoms with Crippen LogP contribution < -0.4 is 10.6 Å². The molecular formula is C27H29N5O4. The van der Waals surface area contributed by atoms with E-state index in [-0.39, 0.29) is 23.7 Å². The zero-order valence-corrected chi connectivity index (χ0v) is 20.6. The number of rotatable bonds is 5. The number of nitrogens with one attached hydrogen (secondary N) is 2. The molecule has 2 fully saturated rings. The Bertz CT molecular complexity index is 1290. The monoisotopic (exact) mass is 487 g/mol. The van der Waals surface area contributed by atoms with E-state index in [1.165, 1.54) is 5.56 Å². The summed E-state index contributed by atoms with van der Waals surface area (Å²) in [5, 5.41) is 13.6. The lowest BCUT2D eigenvalue weighted by molar-refractivity contribution is -0.125. The Morgan fingerprint density at radius 2 is 1.69 bits per heavy atom. The Labute approximate surface area is 209 Å². The Hall–Kier alpha value is -4.01. The predicted octanol–water partition coefficient (Wildman–Crippen LogP) is 3.76. The average Bonchev–Trinajstić information content (AvgIpc) is 3.49. The number of hydrogen-bond donors (Lipinski definition) is 2. The van der Waals surface area contributed by atoms with Gasteiger partial charge in [0.25, 0.3) is 11.8 Å². The number of urea groups is 1. The number of amides is 4. The van der Waals surface area contributed by atoms with E-state index in [1.807, 2.05) is 49.9 Å². The van der Waals surface area contributed by atoms with Gasteiger partial charge in [-0.2, -0.15) is 0 Å². The highest BCUT2D eigenvalue weighted by atomic mass is 16.4. The van der Waals surface area contributed by atoms with Crippen molar-refractivity contribution in [1.29, 1.82) is 0 Å². The van der Waals surface area contributed by atoms with Crippen LogP contribution in [-0.2, 0) is 10.3 Å². The molecule has 9 nitrogen and oxygen atoms in total. The first kappa shape index (κ1) is 23.7. The molecule has 2 N–H and O–H groups in total. The number of aromatic nitrogens is 2. The topological polar surface area (TPSA) is 117 Å².